The molecule has 1 aromatic rings. The number of alkyl halides is 6. The molecule has 0 bridgehead atoms. The van der Waals surface area contributed by atoms with E-state index < -0.39 is 30.5 Å². The lowest BCUT2D eigenvalue weighted by atomic mass is 10.0. The highest BCUT2D eigenvalue weighted by atomic mass is 19.4. The van der Waals surface area contributed by atoms with Gasteiger partial charge in [0.1, 0.15) is 0 Å². The number of hydrogen-bond donors (Lipinski definition) is 1. The summed E-state index contributed by atoms with van der Waals surface area (Å²) in [5, 5.41) is 2.13. The summed E-state index contributed by atoms with van der Waals surface area (Å²) in [7, 11) is 0. The molecule has 7 heteroatoms. The smallest absolute Gasteiger partial charge is 0.302 e. The highest BCUT2D eigenvalue weighted by molar-refractivity contribution is 5.27. The van der Waals surface area contributed by atoms with Gasteiger partial charge in [0.2, 0.25) is 0 Å². The molecule has 1 aromatic carbocycles. The summed E-state index contributed by atoms with van der Waals surface area (Å²) in [6.07, 6.45) is -8.89. The molecule has 0 aliphatic carbocycles. The molecule has 0 radical (unpaired) electrons. The van der Waals surface area contributed by atoms with E-state index in [9.17, 15) is 26.3 Å². The third kappa shape index (κ3) is 4.56. The summed E-state index contributed by atoms with van der Waals surface area (Å²) in [6.45, 7) is 0.131. The van der Waals surface area contributed by atoms with Gasteiger partial charge in [0.05, 0.1) is 12.1 Å². The molecule has 0 saturated heterocycles. The van der Waals surface area contributed by atoms with Gasteiger partial charge in [0.15, 0.2) is 0 Å². The predicted molar refractivity (Wildman–Crippen MR) is 53.9 cm³/mol. The number of hydrogen-bond acceptors (Lipinski definition) is 1. The van der Waals surface area contributed by atoms with E-state index in [1.807, 2.05) is 0 Å². The molecule has 1 rings (SSSR count). The standard InChI is InChI=1S/C11H11F6N/c1-7(18-6-10(12,13)14)8-3-2-4-9(5-8)11(15,16)17/h2-5,7,18H,6H2,1H3. The molecular weight excluding hydrogens is 260 g/mol. The van der Waals surface area contributed by atoms with Crippen LogP contribution in [-0.4, -0.2) is 12.7 Å². The van der Waals surface area contributed by atoms with Crippen LogP contribution in [0, 0.1) is 0 Å². The van der Waals surface area contributed by atoms with Gasteiger partial charge in [-0.05, 0) is 24.6 Å². The molecule has 0 amide bonds. The molecule has 0 aliphatic rings. The van der Waals surface area contributed by atoms with E-state index in [4.69, 9.17) is 0 Å². The Morgan fingerprint density at radius 1 is 1.11 bits per heavy atom. The summed E-state index contributed by atoms with van der Waals surface area (Å²) < 4.78 is 73.1. The van der Waals surface area contributed by atoms with Crippen LogP contribution < -0.4 is 5.32 Å². The Balaban J connectivity index is 2.78. The lowest BCUT2D eigenvalue weighted by molar-refractivity contribution is -0.137. The van der Waals surface area contributed by atoms with E-state index in [-0.39, 0.29) is 5.56 Å². The minimum absolute atomic E-state index is 0.161. The van der Waals surface area contributed by atoms with Gasteiger partial charge in [-0.1, -0.05) is 12.1 Å². The molecule has 102 valence electrons. The number of benzene rings is 1. The maximum Gasteiger partial charge on any atom is 0.416 e. The second kappa shape index (κ2) is 5.17. The SMILES string of the molecule is CC(NCC(F)(F)F)c1cccc(C(F)(F)F)c1. The van der Waals surface area contributed by atoms with Crippen molar-refractivity contribution in [2.75, 3.05) is 6.54 Å². The largest absolute Gasteiger partial charge is 0.416 e. The minimum Gasteiger partial charge on any atom is -0.302 e. The van der Waals surface area contributed by atoms with Gasteiger partial charge in [0, 0.05) is 6.04 Å². The zero-order valence-electron chi connectivity index (χ0n) is 9.36. The van der Waals surface area contributed by atoms with E-state index >= 15 is 0 Å². The van der Waals surface area contributed by atoms with E-state index in [0.29, 0.717) is 0 Å². The highest BCUT2D eigenvalue weighted by Gasteiger charge is 2.31. The van der Waals surface area contributed by atoms with Crippen molar-refractivity contribution in [1.82, 2.24) is 5.32 Å². The first-order valence-electron chi connectivity index (χ1n) is 5.07. The average Bonchev–Trinajstić information content (AvgIpc) is 2.24. The van der Waals surface area contributed by atoms with Crippen LogP contribution in [-0.2, 0) is 6.18 Å². The van der Waals surface area contributed by atoms with Crippen molar-refractivity contribution >= 4 is 0 Å². The molecule has 1 N–H and O–H groups in total. The first kappa shape index (κ1) is 14.8. The van der Waals surface area contributed by atoms with Crippen LogP contribution in [0.4, 0.5) is 26.3 Å². The summed E-state index contributed by atoms with van der Waals surface area (Å²) in [6, 6.07) is 3.43. The third-order valence-electron chi connectivity index (χ3n) is 2.32. The Labute approximate surface area is 99.8 Å². The highest BCUT2D eigenvalue weighted by Crippen LogP contribution is 2.30. The fourth-order valence-electron chi connectivity index (χ4n) is 1.37. The maximum atomic E-state index is 12.4. The first-order valence-corrected chi connectivity index (χ1v) is 5.07. The monoisotopic (exact) mass is 271 g/mol. The summed E-state index contributed by atoms with van der Waals surface area (Å²) in [5.41, 5.74) is -0.713. The van der Waals surface area contributed by atoms with Gasteiger partial charge >= 0.3 is 12.4 Å². The van der Waals surface area contributed by atoms with Gasteiger partial charge in [-0.2, -0.15) is 26.3 Å². The minimum atomic E-state index is -4.50. The van der Waals surface area contributed by atoms with Gasteiger partial charge in [-0.3, -0.25) is 0 Å². The van der Waals surface area contributed by atoms with Gasteiger partial charge in [-0.15, -0.1) is 0 Å². The van der Waals surface area contributed by atoms with Crippen LogP contribution in [0.5, 0.6) is 0 Å². The summed E-state index contributed by atoms with van der Waals surface area (Å²) >= 11 is 0. The lowest BCUT2D eigenvalue weighted by Gasteiger charge is -2.17. The molecule has 0 heterocycles. The van der Waals surface area contributed by atoms with Crippen LogP contribution in [0.1, 0.15) is 24.1 Å². The Morgan fingerprint density at radius 2 is 1.72 bits per heavy atom. The zero-order chi connectivity index (χ0) is 14.0. The van der Waals surface area contributed by atoms with Gasteiger partial charge < -0.3 is 5.32 Å². The number of nitrogens with one attached hydrogen (secondary N) is 1. The third-order valence-corrected chi connectivity index (χ3v) is 2.32. The molecule has 0 aromatic heterocycles. The van der Waals surface area contributed by atoms with Crippen molar-refractivity contribution in [3.8, 4) is 0 Å². The van der Waals surface area contributed by atoms with E-state index in [2.05, 4.69) is 5.32 Å². The van der Waals surface area contributed by atoms with Crippen LogP contribution in [0.25, 0.3) is 0 Å². The van der Waals surface area contributed by atoms with Crippen molar-refractivity contribution < 1.29 is 26.3 Å². The molecular formula is C11H11F6N. The fraction of sp³-hybridized carbons (Fsp3) is 0.455. The molecule has 18 heavy (non-hydrogen) atoms. The van der Waals surface area contributed by atoms with E-state index in [1.165, 1.54) is 19.1 Å². The molecule has 0 spiro atoms. The van der Waals surface area contributed by atoms with Crippen LogP contribution in [0.2, 0.25) is 0 Å². The number of halogens is 6. The Bertz CT molecular complexity index is 395. The van der Waals surface area contributed by atoms with Crippen molar-refractivity contribution in [2.24, 2.45) is 0 Å². The summed E-state index contributed by atoms with van der Waals surface area (Å²) in [5.74, 6) is 0. The predicted octanol–water partition coefficient (Wildman–Crippen LogP) is 3.92. The van der Waals surface area contributed by atoms with Crippen molar-refractivity contribution in [3.63, 3.8) is 0 Å². The Kier molecular flexibility index (Phi) is 4.26. The zero-order valence-corrected chi connectivity index (χ0v) is 9.36. The van der Waals surface area contributed by atoms with Crippen molar-refractivity contribution in [2.45, 2.75) is 25.3 Å². The van der Waals surface area contributed by atoms with Crippen LogP contribution in [0.3, 0.4) is 0 Å². The Morgan fingerprint density at radius 3 is 2.22 bits per heavy atom. The normalized spacial score (nSPS) is 14.6. The fourth-order valence-corrected chi connectivity index (χ4v) is 1.37. The molecule has 1 atom stereocenters. The van der Waals surface area contributed by atoms with E-state index in [0.717, 1.165) is 12.1 Å². The van der Waals surface area contributed by atoms with Crippen molar-refractivity contribution in [1.29, 1.82) is 0 Å². The number of rotatable bonds is 3. The molecule has 1 unspecified atom stereocenters. The maximum absolute atomic E-state index is 12.4. The average molecular weight is 271 g/mol. The molecule has 0 fully saturated rings. The molecule has 0 aliphatic heterocycles. The van der Waals surface area contributed by atoms with E-state index in [1.54, 1.807) is 0 Å². The quantitative estimate of drug-likeness (QED) is 0.822. The first-order chi connectivity index (χ1) is 8.09. The van der Waals surface area contributed by atoms with Gasteiger partial charge in [-0.25, -0.2) is 0 Å². The van der Waals surface area contributed by atoms with Crippen LogP contribution in [0.15, 0.2) is 24.3 Å². The molecule has 1 nitrogen and oxygen atoms in total. The topological polar surface area (TPSA) is 12.0 Å². The lowest BCUT2D eigenvalue weighted by Crippen LogP contribution is -2.30. The van der Waals surface area contributed by atoms with Crippen molar-refractivity contribution in [3.05, 3.63) is 35.4 Å². The van der Waals surface area contributed by atoms with Gasteiger partial charge in [0.25, 0.3) is 0 Å². The second-order valence-corrected chi connectivity index (χ2v) is 3.84. The Hall–Kier alpha value is -1.24. The summed E-state index contributed by atoms with van der Waals surface area (Å²) in [4.78, 5) is 0. The molecule has 0 saturated carbocycles. The van der Waals surface area contributed by atoms with Crippen LogP contribution >= 0.6 is 0 Å². The second-order valence-electron chi connectivity index (χ2n) is 3.84.